The van der Waals surface area contributed by atoms with E-state index in [1.807, 2.05) is 0 Å². The number of halogens is 2. The van der Waals surface area contributed by atoms with Crippen molar-refractivity contribution in [1.29, 1.82) is 0 Å². The van der Waals surface area contributed by atoms with E-state index < -0.39 is 50.1 Å². The summed E-state index contributed by atoms with van der Waals surface area (Å²) < 4.78 is 35.1. The Bertz CT molecular complexity index is 1240. The molecule has 0 radical (unpaired) electrons. The average Bonchev–Trinajstić information content (AvgIpc) is 2.95. The third kappa shape index (κ3) is 6.82. The van der Waals surface area contributed by atoms with Crippen LogP contribution in [0.25, 0.3) is 0 Å². The van der Waals surface area contributed by atoms with Gasteiger partial charge in [0, 0.05) is 6.07 Å². The van der Waals surface area contributed by atoms with Gasteiger partial charge in [-0.2, -0.15) is 0 Å². The number of hydrogen-bond donors (Lipinski definition) is 0. The Balaban J connectivity index is 1.40. The third-order valence-electron chi connectivity index (χ3n) is 8.87. The molecular weight excluding hydrogens is 522 g/mol. The van der Waals surface area contributed by atoms with Crippen molar-refractivity contribution in [2.75, 3.05) is 0 Å². The lowest BCUT2D eigenvalue weighted by atomic mass is 9.68. The van der Waals surface area contributed by atoms with Crippen LogP contribution in [0.2, 0.25) is 0 Å². The zero-order chi connectivity index (χ0) is 28.8. The monoisotopic (exact) mass is 558 g/mol. The Morgan fingerprint density at radius 2 is 1.55 bits per heavy atom. The lowest BCUT2D eigenvalue weighted by Crippen LogP contribution is -2.25. The fourth-order valence-corrected chi connectivity index (χ4v) is 6.59. The molecule has 0 atom stereocenters. The number of benzene rings is 2. The Morgan fingerprint density at radius 1 is 0.900 bits per heavy atom. The van der Waals surface area contributed by atoms with E-state index in [2.05, 4.69) is 6.92 Å². The minimum Gasteiger partial charge on any atom is -0.416 e. The van der Waals surface area contributed by atoms with Crippen LogP contribution in [0.15, 0.2) is 30.3 Å². The van der Waals surface area contributed by atoms with Crippen molar-refractivity contribution in [2.24, 2.45) is 17.8 Å². The number of esters is 1. The highest BCUT2D eigenvalue weighted by Gasteiger charge is 2.33. The Hall–Kier alpha value is -3.43. The summed E-state index contributed by atoms with van der Waals surface area (Å²) in [7, 11) is 0. The van der Waals surface area contributed by atoms with Gasteiger partial charge in [0.25, 0.3) is 11.4 Å². The van der Waals surface area contributed by atoms with Gasteiger partial charge in [-0.1, -0.05) is 51.5 Å². The fourth-order valence-electron chi connectivity index (χ4n) is 6.59. The molecule has 2 saturated carbocycles. The summed E-state index contributed by atoms with van der Waals surface area (Å²) in [6.07, 6.45) is 13.8. The first-order valence-corrected chi connectivity index (χ1v) is 14.3. The molecular formula is C30H36F2N2O6. The van der Waals surface area contributed by atoms with Crippen molar-refractivity contribution in [3.63, 3.8) is 0 Å². The smallest absolute Gasteiger partial charge is 0.350 e. The highest BCUT2D eigenvalue weighted by molar-refractivity contribution is 5.95. The van der Waals surface area contributed by atoms with E-state index in [1.165, 1.54) is 57.4 Å². The standard InChI is InChI=1S/C30H36F2N2O6/c1-2-3-4-5-19-6-8-20(9-7-19)21-10-12-22(13-11-21)24-16-17-26(31)29(28(24)32)40-30(35)25-15-14-23(33(36)37)18-27(25)34(38)39/h14-22H,2-13H2,1H3. The number of unbranched alkanes of at least 4 members (excludes halogenated alkanes) is 2. The number of ether oxygens (including phenoxy) is 1. The molecule has 0 spiro atoms. The van der Waals surface area contributed by atoms with Crippen LogP contribution in [0, 0.1) is 49.6 Å². The molecule has 2 aromatic carbocycles. The number of hydrogen-bond acceptors (Lipinski definition) is 6. The average molecular weight is 559 g/mol. The van der Waals surface area contributed by atoms with E-state index >= 15 is 4.39 Å². The highest BCUT2D eigenvalue weighted by Crippen LogP contribution is 2.46. The number of nitro benzene ring substituents is 2. The molecule has 2 fully saturated rings. The fraction of sp³-hybridized carbons (Fsp3) is 0.567. The largest absolute Gasteiger partial charge is 0.416 e. The topological polar surface area (TPSA) is 113 Å². The normalized spacial score (nSPS) is 23.0. The predicted octanol–water partition coefficient (Wildman–Crippen LogP) is 8.66. The van der Waals surface area contributed by atoms with Crippen molar-refractivity contribution >= 4 is 17.3 Å². The quantitative estimate of drug-likeness (QED) is 0.0948. The van der Waals surface area contributed by atoms with Crippen LogP contribution >= 0.6 is 0 Å². The molecule has 0 saturated heterocycles. The number of non-ortho nitro benzene ring substituents is 1. The number of carbonyl (C=O) groups excluding carboxylic acids is 1. The van der Waals surface area contributed by atoms with Gasteiger partial charge in [-0.25, -0.2) is 13.6 Å². The second kappa shape index (κ2) is 13.3. The maximum Gasteiger partial charge on any atom is 0.350 e. The second-order valence-corrected chi connectivity index (χ2v) is 11.3. The lowest BCUT2D eigenvalue weighted by molar-refractivity contribution is -0.394. The number of nitrogens with zero attached hydrogens (tertiary/aromatic N) is 2. The van der Waals surface area contributed by atoms with Gasteiger partial charge >= 0.3 is 5.97 Å². The van der Waals surface area contributed by atoms with E-state index in [1.54, 1.807) is 0 Å². The number of carbonyl (C=O) groups is 1. The zero-order valence-corrected chi connectivity index (χ0v) is 22.8. The van der Waals surface area contributed by atoms with E-state index in [-0.39, 0.29) is 11.5 Å². The van der Waals surface area contributed by atoms with Crippen molar-refractivity contribution in [2.45, 2.75) is 89.9 Å². The Morgan fingerprint density at radius 3 is 2.15 bits per heavy atom. The SMILES string of the molecule is CCCCCC1CCC(C2CCC(c3ccc(F)c(OC(=O)c4ccc([N+](=O)[O-])cc4[N+](=O)[O-])c3F)CC2)CC1. The maximum absolute atomic E-state index is 15.5. The maximum atomic E-state index is 15.5. The molecule has 10 heteroatoms. The molecule has 0 aliphatic heterocycles. The van der Waals surface area contributed by atoms with E-state index in [0.717, 1.165) is 49.8 Å². The van der Waals surface area contributed by atoms with Crippen molar-refractivity contribution in [3.8, 4) is 5.75 Å². The predicted molar refractivity (Wildman–Crippen MR) is 145 cm³/mol. The van der Waals surface area contributed by atoms with Crippen molar-refractivity contribution in [1.82, 2.24) is 0 Å². The molecule has 8 nitrogen and oxygen atoms in total. The lowest BCUT2D eigenvalue weighted by Gasteiger charge is -2.38. The summed E-state index contributed by atoms with van der Waals surface area (Å²) in [4.78, 5) is 33.2. The summed E-state index contributed by atoms with van der Waals surface area (Å²) in [5, 5.41) is 22.3. The summed E-state index contributed by atoms with van der Waals surface area (Å²) in [5.41, 5.74) is -1.86. The van der Waals surface area contributed by atoms with Gasteiger partial charge in [0.2, 0.25) is 5.75 Å². The van der Waals surface area contributed by atoms with Gasteiger partial charge < -0.3 is 4.74 Å². The molecule has 0 N–H and O–H groups in total. The molecule has 0 amide bonds. The summed E-state index contributed by atoms with van der Waals surface area (Å²) in [6.45, 7) is 2.23. The van der Waals surface area contributed by atoms with Gasteiger partial charge in [-0.05, 0) is 79.9 Å². The van der Waals surface area contributed by atoms with Crippen LogP contribution in [0.4, 0.5) is 20.2 Å². The molecule has 2 aliphatic rings. The third-order valence-corrected chi connectivity index (χ3v) is 8.87. The first-order chi connectivity index (χ1) is 19.2. The molecule has 2 aromatic rings. The van der Waals surface area contributed by atoms with Gasteiger partial charge in [0.05, 0.1) is 15.9 Å². The first-order valence-electron chi connectivity index (χ1n) is 14.3. The second-order valence-electron chi connectivity index (χ2n) is 11.3. The van der Waals surface area contributed by atoms with E-state index in [0.29, 0.717) is 17.9 Å². The Kier molecular flexibility index (Phi) is 9.81. The van der Waals surface area contributed by atoms with Crippen LogP contribution in [-0.4, -0.2) is 15.8 Å². The molecule has 0 unspecified atom stereocenters. The Labute approximate surface area is 232 Å². The number of rotatable bonds is 10. The van der Waals surface area contributed by atoms with Crippen LogP contribution < -0.4 is 4.74 Å². The van der Waals surface area contributed by atoms with Crippen molar-refractivity contribution in [3.05, 3.63) is 73.3 Å². The minimum absolute atomic E-state index is 0.145. The van der Waals surface area contributed by atoms with Crippen molar-refractivity contribution < 1.29 is 28.2 Å². The van der Waals surface area contributed by atoms with Gasteiger partial charge in [-0.3, -0.25) is 20.2 Å². The first kappa shape index (κ1) is 29.6. The van der Waals surface area contributed by atoms with Gasteiger partial charge in [0.1, 0.15) is 5.56 Å². The molecule has 0 aromatic heterocycles. The zero-order valence-electron chi connectivity index (χ0n) is 22.8. The molecule has 40 heavy (non-hydrogen) atoms. The van der Waals surface area contributed by atoms with E-state index in [4.69, 9.17) is 4.74 Å². The summed E-state index contributed by atoms with van der Waals surface area (Å²) in [6, 6.07) is 4.76. The summed E-state index contributed by atoms with van der Waals surface area (Å²) in [5.74, 6) is -2.37. The highest BCUT2D eigenvalue weighted by atomic mass is 19.1. The minimum atomic E-state index is -1.37. The van der Waals surface area contributed by atoms with Crippen LogP contribution in [0.3, 0.4) is 0 Å². The van der Waals surface area contributed by atoms with Crippen LogP contribution in [0.5, 0.6) is 5.75 Å². The van der Waals surface area contributed by atoms with Gasteiger partial charge in [-0.15, -0.1) is 0 Å². The van der Waals surface area contributed by atoms with Crippen LogP contribution in [-0.2, 0) is 0 Å². The number of nitro groups is 2. The molecule has 2 aliphatic carbocycles. The van der Waals surface area contributed by atoms with Gasteiger partial charge in [0.15, 0.2) is 11.6 Å². The molecule has 0 bridgehead atoms. The molecule has 216 valence electrons. The van der Waals surface area contributed by atoms with Crippen LogP contribution in [0.1, 0.15) is 106 Å². The molecule has 4 rings (SSSR count). The molecule has 0 heterocycles. The van der Waals surface area contributed by atoms with E-state index in [9.17, 15) is 29.4 Å². The summed E-state index contributed by atoms with van der Waals surface area (Å²) >= 11 is 0.